The highest BCUT2D eigenvalue weighted by Gasteiger charge is 2.40. The normalized spacial score (nSPS) is 16.4. The number of pyridine rings is 1. The molecule has 1 saturated heterocycles. The molecule has 0 aliphatic carbocycles. The van der Waals surface area contributed by atoms with E-state index in [1.807, 2.05) is 0 Å². The van der Waals surface area contributed by atoms with Gasteiger partial charge in [0, 0.05) is 25.1 Å². The second kappa shape index (κ2) is 7.25. The number of ether oxygens (including phenoxy) is 1. The lowest BCUT2D eigenvalue weighted by Gasteiger charge is -2.33. The molecular weight excluding hydrogens is 371 g/mol. The molecule has 0 atom stereocenters. The summed E-state index contributed by atoms with van der Waals surface area (Å²) >= 11 is 5.87. The Hall–Kier alpha value is -2.51. The Bertz CT molecular complexity index is 968. The lowest BCUT2D eigenvalue weighted by molar-refractivity contribution is -0.132. The zero-order valence-electron chi connectivity index (χ0n) is 14.5. The monoisotopic (exact) mass is 388 g/mol. The van der Waals surface area contributed by atoms with Crippen LogP contribution in [0.5, 0.6) is 0 Å². The maximum Gasteiger partial charge on any atom is 0.233 e. The summed E-state index contributed by atoms with van der Waals surface area (Å²) in [5.41, 5.74) is 1.73. The highest BCUT2D eigenvalue weighted by atomic mass is 35.5. The average Bonchev–Trinajstić information content (AvgIpc) is 3.12. The van der Waals surface area contributed by atoms with Gasteiger partial charge in [-0.25, -0.2) is 9.37 Å². The standard InChI is InChI=1S/C19H18ClFN4O2/c20-12-1-3-15(22-10-12)17-24-14-4-2-13(9-16(14)25-17)23-18(26)19(11-21)5-7-27-8-6-19/h1-4,9-10H,5-8,11H2,(H,23,26)(H,24,25). The third-order valence-corrected chi connectivity index (χ3v) is 5.12. The van der Waals surface area contributed by atoms with Gasteiger partial charge >= 0.3 is 0 Å². The van der Waals surface area contributed by atoms with E-state index in [1.165, 1.54) is 0 Å². The molecule has 3 heterocycles. The molecule has 140 valence electrons. The predicted molar refractivity (Wildman–Crippen MR) is 101 cm³/mol. The Balaban J connectivity index is 1.58. The number of imidazole rings is 1. The minimum atomic E-state index is -1.01. The smallest absolute Gasteiger partial charge is 0.233 e. The lowest BCUT2D eigenvalue weighted by Crippen LogP contribution is -2.42. The lowest BCUT2D eigenvalue weighted by atomic mass is 9.80. The van der Waals surface area contributed by atoms with Crippen molar-refractivity contribution in [3.63, 3.8) is 0 Å². The number of carbonyl (C=O) groups excluding carboxylic acids is 1. The van der Waals surface area contributed by atoms with Crippen LogP contribution in [-0.4, -0.2) is 40.7 Å². The number of nitrogens with one attached hydrogen (secondary N) is 2. The topological polar surface area (TPSA) is 79.9 Å². The fourth-order valence-corrected chi connectivity index (χ4v) is 3.28. The number of benzene rings is 1. The van der Waals surface area contributed by atoms with E-state index in [9.17, 15) is 9.18 Å². The van der Waals surface area contributed by atoms with Crippen LogP contribution in [0.25, 0.3) is 22.6 Å². The summed E-state index contributed by atoms with van der Waals surface area (Å²) in [6, 6.07) is 8.86. The molecule has 27 heavy (non-hydrogen) atoms. The quantitative estimate of drug-likeness (QED) is 0.708. The van der Waals surface area contributed by atoms with Gasteiger partial charge in [0.2, 0.25) is 5.91 Å². The van der Waals surface area contributed by atoms with Gasteiger partial charge in [-0.05, 0) is 43.2 Å². The molecule has 1 amide bonds. The van der Waals surface area contributed by atoms with Crippen molar-refractivity contribution in [1.29, 1.82) is 0 Å². The first-order valence-corrected chi connectivity index (χ1v) is 9.04. The Kier molecular flexibility index (Phi) is 4.80. The molecule has 1 aliphatic rings. The summed E-state index contributed by atoms with van der Waals surface area (Å²) < 4.78 is 18.9. The average molecular weight is 389 g/mol. The third-order valence-electron chi connectivity index (χ3n) is 4.90. The molecule has 2 N–H and O–H groups in total. The van der Waals surface area contributed by atoms with Crippen LogP contribution in [0.15, 0.2) is 36.5 Å². The van der Waals surface area contributed by atoms with Crippen molar-refractivity contribution in [3.8, 4) is 11.5 Å². The fourth-order valence-electron chi connectivity index (χ4n) is 3.17. The second-order valence-electron chi connectivity index (χ2n) is 6.66. The van der Waals surface area contributed by atoms with Crippen LogP contribution in [0.3, 0.4) is 0 Å². The molecule has 0 bridgehead atoms. The largest absolute Gasteiger partial charge is 0.381 e. The van der Waals surface area contributed by atoms with E-state index < -0.39 is 12.1 Å². The van der Waals surface area contributed by atoms with Crippen molar-refractivity contribution >= 4 is 34.2 Å². The number of amides is 1. The van der Waals surface area contributed by atoms with Crippen LogP contribution in [-0.2, 0) is 9.53 Å². The number of hydrogen-bond donors (Lipinski definition) is 2. The second-order valence-corrected chi connectivity index (χ2v) is 7.10. The minimum Gasteiger partial charge on any atom is -0.381 e. The number of halogens is 2. The van der Waals surface area contributed by atoms with E-state index in [0.717, 1.165) is 11.0 Å². The number of fused-ring (bicyclic) bond motifs is 1. The van der Waals surface area contributed by atoms with Gasteiger partial charge < -0.3 is 15.0 Å². The fraction of sp³-hybridized carbons (Fsp3) is 0.316. The van der Waals surface area contributed by atoms with Gasteiger partial charge in [0.25, 0.3) is 0 Å². The summed E-state index contributed by atoms with van der Waals surface area (Å²) in [5, 5.41) is 3.39. The van der Waals surface area contributed by atoms with Crippen LogP contribution in [0, 0.1) is 5.41 Å². The molecule has 4 rings (SSSR count). The Morgan fingerprint density at radius 2 is 2.11 bits per heavy atom. The number of H-pyrrole nitrogens is 1. The Morgan fingerprint density at radius 3 is 2.81 bits per heavy atom. The first-order chi connectivity index (χ1) is 13.1. The molecule has 1 aromatic carbocycles. The summed E-state index contributed by atoms with van der Waals surface area (Å²) in [6.07, 6.45) is 2.32. The number of aromatic amines is 1. The van der Waals surface area contributed by atoms with Gasteiger partial charge in [0.05, 0.1) is 21.5 Å². The minimum absolute atomic E-state index is 0.313. The van der Waals surface area contributed by atoms with Crippen LogP contribution >= 0.6 is 11.6 Å². The molecule has 0 unspecified atom stereocenters. The molecule has 0 saturated carbocycles. The Labute approximate surface area is 160 Å². The number of carbonyl (C=O) groups is 1. The van der Waals surface area contributed by atoms with Crippen LogP contribution in [0.1, 0.15) is 12.8 Å². The molecule has 0 spiro atoms. The number of nitrogens with zero attached hydrogens (tertiary/aromatic N) is 2. The molecule has 3 aromatic rings. The first kappa shape index (κ1) is 17.9. The van der Waals surface area contributed by atoms with Crippen molar-refractivity contribution in [2.45, 2.75) is 12.8 Å². The van der Waals surface area contributed by atoms with E-state index in [0.29, 0.717) is 48.3 Å². The number of alkyl halides is 1. The van der Waals surface area contributed by atoms with Gasteiger partial charge in [0.1, 0.15) is 12.4 Å². The van der Waals surface area contributed by atoms with E-state index >= 15 is 0 Å². The van der Waals surface area contributed by atoms with Crippen molar-refractivity contribution in [2.24, 2.45) is 5.41 Å². The third kappa shape index (κ3) is 3.52. The van der Waals surface area contributed by atoms with Crippen molar-refractivity contribution in [2.75, 3.05) is 25.2 Å². The van der Waals surface area contributed by atoms with Crippen LogP contribution < -0.4 is 5.32 Å². The maximum absolute atomic E-state index is 13.6. The highest BCUT2D eigenvalue weighted by molar-refractivity contribution is 6.30. The van der Waals surface area contributed by atoms with E-state index in [4.69, 9.17) is 16.3 Å². The van der Waals surface area contributed by atoms with Gasteiger partial charge in [-0.1, -0.05) is 11.6 Å². The number of anilines is 1. The number of hydrogen-bond acceptors (Lipinski definition) is 4. The summed E-state index contributed by atoms with van der Waals surface area (Å²) in [7, 11) is 0. The number of aromatic nitrogens is 3. The van der Waals surface area contributed by atoms with Crippen molar-refractivity contribution in [1.82, 2.24) is 15.0 Å². The van der Waals surface area contributed by atoms with Crippen molar-refractivity contribution in [3.05, 3.63) is 41.6 Å². The molecule has 8 heteroatoms. The molecular formula is C19H18ClFN4O2. The highest BCUT2D eigenvalue weighted by Crippen LogP contribution is 2.33. The van der Waals surface area contributed by atoms with Crippen LogP contribution in [0.4, 0.5) is 10.1 Å². The SMILES string of the molecule is O=C(Nc1ccc2nc(-c3ccc(Cl)cn3)[nH]c2c1)C1(CF)CCOCC1. The molecule has 6 nitrogen and oxygen atoms in total. The van der Waals surface area contributed by atoms with E-state index in [-0.39, 0.29) is 5.91 Å². The zero-order chi connectivity index (χ0) is 18.9. The Morgan fingerprint density at radius 1 is 1.30 bits per heavy atom. The first-order valence-electron chi connectivity index (χ1n) is 8.66. The maximum atomic E-state index is 13.6. The van der Waals surface area contributed by atoms with Crippen LogP contribution in [0.2, 0.25) is 5.02 Å². The van der Waals surface area contributed by atoms with Gasteiger partial charge in [-0.15, -0.1) is 0 Å². The van der Waals surface area contributed by atoms with E-state index in [2.05, 4.69) is 20.3 Å². The molecule has 1 fully saturated rings. The summed E-state index contributed by atoms with van der Waals surface area (Å²) in [6.45, 7) is 0.101. The summed E-state index contributed by atoms with van der Waals surface area (Å²) in [4.78, 5) is 24.6. The van der Waals surface area contributed by atoms with Gasteiger partial charge in [-0.2, -0.15) is 0 Å². The molecule has 0 radical (unpaired) electrons. The summed E-state index contributed by atoms with van der Waals surface area (Å²) in [5.74, 6) is 0.293. The molecule has 1 aliphatic heterocycles. The van der Waals surface area contributed by atoms with Gasteiger partial charge in [0.15, 0.2) is 5.82 Å². The van der Waals surface area contributed by atoms with Gasteiger partial charge in [-0.3, -0.25) is 9.78 Å². The zero-order valence-corrected chi connectivity index (χ0v) is 15.2. The van der Waals surface area contributed by atoms with E-state index in [1.54, 1.807) is 36.5 Å². The molecule has 2 aromatic heterocycles. The predicted octanol–water partition coefficient (Wildman–Crippen LogP) is 3.98. The van der Waals surface area contributed by atoms with Crippen molar-refractivity contribution < 1.29 is 13.9 Å². The number of rotatable bonds is 4.